The summed E-state index contributed by atoms with van der Waals surface area (Å²) in [5.74, 6) is -0.248. The molecule has 2 aromatic carbocycles. The molecule has 0 N–H and O–H groups in total. The van der Waals surface area contributed by atoms with E-state index in [0.29, 0.717) is 18.4 Å². The Labute approximate surface area is 136 Å². The van der Waals surface area contributed by atoms with Crippen LogP contribution in [0.4, 0.5) is 4.39 Å². The molecule has 0 aliphatic carbocycles. The molecule has 0 spiro atoms. The first-order chi connectivity index (χ1) is 11.0. The van der Waals surface area contributed by atoms with E-state index in [-0.39, 0.29) is 17.8 Å². The fourth-order valence-electron chi connectivity index (χ4n) is 2.35. The first kappa shape index (κ1) is 16.7. The van der Waals surface area contributed by atoms with Crippen molar-refractivity contribution in [3.05, 3.63) is 71.0 Å². The molecule has 3 nitrogen and oxygen atoms in total. The molecule has 2 rings (SSSR count). The number of nitrogens with zero attached hydrogens (tertiary/aromatic N) is 2. The summed E-state index contributed by atoms with van der Waals surface area (Å²) in [5, 5.41) is 8.77. The quantitative estimate of drug-likeness (QED) is 0.842. The average Bonchev–Trinajstić information content (AvgIpc) is 2.59. The summed E-state index contributed by atoms with van der Waals surface area (Å²) >= 11 is 0. The Morgan fingerprint density at radius 1 is 1.17 bits per heavy atom. The Morgan fingerprint density at radius 3 is 2.35 bits per heavy atom. The van der Waals surface area contributed by atoms with Crippen LogP contribution in [0, 0.1) is 17.1 Å². The highest BCUT2D eigenvalue weighted by Gasteiger charge is 2.17. The van der Waals surface area contributed by atoms with Crippen molar-refractivity contribution < 1.29 is 9.18 Å². The van der Waals surface area contributed by atoms with Gasteiger partial charge in [-0.05, 0) is 48.7 Å². The summed E-state index contributed by atoms with van der Waals surface area (Å²) in [7, 11) is 1.76. The number of nitriles is 1. The van der Waals surface area contributed by atoms with E-state index in [0.717, 1.165) is 11.1 Å². The van der Waals surface area contributed by atoms with E-state index in [4.69, 9.17) is 5.26 Å². The van der Waals surface area contributed by atoms with Gasteiger partial charge in [-0.2, -0.15) is 5.26 Å². The molecular weight excluding hydrogens is 291 g/mol. The Morgan fingerprint density at radius 2 is 1.78 bits per heavy atom. The number of halogens is 1. The number of aryl methyl sites for hydroxylation is 1. The predicted octanol–water partition coefficient (Wildman–Crippen LogP) is 3.85. The summed E-state index contributed by atoms with van der Waals surface area (Å²) in [6.07, 6.45) is 1.03. The van der Waals surface area contributed by atoms with Gasteiger partial charge in [-0.15, -0.1) is 0 Å². The standard InChI is InChI=1S/C19H19FN2O/c1-14(17-8-10-18(20)11-9-17)22(2)19(23)12-7-15-3-5-16(13-21)6-4-15/h3-6,8-11,14H,7,12H2,1-2H3. The molecular formula is C19H19FN2O. The monoisotopic (exact) mass is 310 g/mol. The van der Waals surface area contributed by atoms with E-state index in [9.17, 15) is 9.18 Å². The largest absolute Gasteiger partial charge is 0.339 e. The Balaban J connectivity index is 1.93. The second-order valence-electron chi connectivity index (χ2n) is 5.54. The van der Waals surface area contributed by atoms with Crippen LogP contribution in [-0.4, -0.2) is 17.9 Å². The van der Waals surface area contributed by atoms with Gasteiger partial charge in [0, 0.05) is 13.5 Å². The molecule has 0 aliphatic heterocycles. The van der Waals surface area contributed by atoms with E-state index < -0.39 is 0 Å². The fourth-order valence-corrected chi connectivity index (χ4v) is 2.35. The third-order valence-electron chi connectivity index (χ3n) is 4.04. The van der Waals surface area contributed by atoms with Crippen LogP contribution in [0.2, 0.25) is 0 Å². The summed E-state index contributed by atoms with van der Waals surface area (Å²) in [5.41, 5.74) is 2.54. The smallest absolute Gasteiger partial charge is 0.223 e. The van der Waals surface area contributed by atoms with Crippen molar-refractivity contribution in [3.63, 3.8) is 0 Å². The van der Waals surface area contributed by atoms with E-state index in [1.54, 1.807) is 36.2 Å². The lowest BCUT2D eigenvalue weighted by Gasteiger charge is -2.25. The second-order valence-corrected chi connectivity index (χ2v) is 5.54. The summed E-state index contributed by atoms with van der Waals surface area (Å²) < 4.78 is 13.0. The van der Waals surface area contributed by atoms with E-state index in [1.807, 2.05) is 19.1 Å². The number of benzene rings is 2. The van der Waals surface area contributed by atoms with Gasteiger partial charge in [-0.3, -0.25) is 4.79 Å². The number of carbonyl (C=O) groups is 1. The van der Waals surface area contributed by atoms with Gasteiger partial charge in [0.15, 0.2) is 0 Å². The molecule has 2 aromatic rings. The Bertz CT molecular complexity index is 702. The maximum atomic E-state index is 13.0. The van der Waals surface area contributed by atoms with Crippen molar-refractivity contribution in [2.24, 2.45) is 0 Å². The van der Waals surface area contributed by atoms with Gasteiger partial charge < -0.3 is 4.90 Å². The molecule has 0 radical (unpaired) electrons. The van der Waals surface area contributed by atoms with Crippen molar-refractivity contribution in [2.45, 2.75) is 25.8 Å². The zero-order valence-electron chi connectivity index (χ0n) is 13.3. The normalized spacial score (nSPS) is 11.6. The molecule has 0 aromatic heterocycles. The van der Waals surface area contributed by atoms with Crippen molar-refractivity contribution in [1.29, 1.82) is 5.26 Å². The highest BCUT2D eigenvalue weighted by atomic mass is 19.1. The Kier molecular flexibility index (Phi) is 5.48. The van der Waals surface area contributed by atoms with Gasteiger partial charge in [0.25, 0.3) is 0 Å². The van der Waals surface area contributed by atoms with Gasteiger partial charge in [-0.25, -0.2) is 4.39 Å². The van der Waals surface area contributed by atoms with Crippen LogP contribution >= 0.6 is 0 Å². The first-order valence-corrected chi connectivity index (χ1v) is 7.51. The van der Waals surface area contributed by atoms with Crippen LogP contribution < -0.4 is 0 Å². The second kappa shape index (κ2) is 7.55. The van der Waals surface area contributed by atoms with Crippen LogP contribution in [0.5, 0.6) is 0 Å². The molecule has 0 aliphatic rings. The SMILES string of the molecule is CC(c1ccc(F)cc1)N(C)C(=O)CCc1ccc(C#N)cc1. The lowest BCUT2D eigenvalue weighted by molar-refractivity contribution is -0.131. The van der Waals surface area contributed by atoms with Crippen molar-refractivity contribution >= 4 is 5.91 Å². The molecule has 1 atom stereocenters. The maximum absolute atomic E-state index is 13.0. The van der Waals surface area contributed by atoms with Crippen LogP contribution in [-0.2, 0) is 11.2 Å². The minimum absolute atomic E-state index is 0.0335. The molecule has 4 heteroatoms. The van der Waals surface area contributed by atoms with Crippen molar-refractivity contribution in [1.82, 2.24) is 4.90 Å². The lowest BCUT2D eigenvalue weighted by atomic mass is 10.0. The number of hydrogen-bond acceptors (Lipinski definition) is 2. The minimum Gasteiger partial charge on any atom is -0.339 e. The highest BCUT2D eigenvalue weighted by molar-refractivity contribution is 5.76. The van der Waals surface area contributed by atoms with Gasteiger partial charge >= 0.3 is 0 Å². The Hall–Kier alpha value is -2.67. The number of carbonyl (C=O) groups excluding carboxylic acids is 1. The molecule has 0 saturated carbocycles. The van der Waals surface area contributed by atoms with Gasteiger partial charge in [-0.1, -0.05) is 24.3 Å². The zero-order valence-corrected chi connectivity index (χ0v) is 13.3. The van der Waals surface area contributed by atoms with Gasteiger partial charge in [0.05, 0.1) is 17.7 Å². The van der Waals surface area contributed by atoms with E-state index in [1.165, 1.54) is 12.1 Å². The van der Waals surface area contributed by atoms with Gasteiger partial charge in [0.2, 0.25) is 5.91 Å². The van der Waals surface area contributed by atoms with Crippen molar-refractivity contribution in [2.75, 3.05) is 7.05 Å². The van der Waals surface area contributed by atoms with Crippen LogP contribution in [0.15, 0.2) is 48.5 Å². The van der Waals surface area contributed by atoms with Gasteiger partial charge in [0.1, 0.15) is 5.82 Å². The maximum Gasteiger partial charge on any atom is 0.223 e. The van der Waals surface area contributed by atoms with Crippen LogP contribution in [0.25, 0.3) is 0 Å². The van der Waals surface area contributed by atoms with Crippen LogP contribution in [0.3, 0.4) is 0 Å². The third-order valence-corrected chi connectivity index (χ3v) is 4.04. The molecule has 0 bridgehead atoms. The summed E-state index contributed by atoms with van der Waals surface area (Å²) in [4.78, 5) is 14.0. The average molecular weight is 310 g/mol. The molecule has 1 unspecified atom stereocenters. The number of amides is 1. The topological polar surface area (TPSA) is 44.1 Å². The molecule has 118 valence electrons. The molecule has 1 amide bonds. The zero-order chi connectivity index (χ0) is 16.8. The number of hydrogen-bond donors (Lipinski definition) is 0. The molecule has 23 heavy (non-hydrogen) atoms. The van der Waals surface area contributed by atoms with E-state index >= 15 is 0 Å². The summed E-state index contributed by atoms with van der Waals surface area (Å²) in [6.45, 7) is 1.92. The number of rotatable bonds is 5. The molecule has 0 heterocycles. The predicted molar refractivity (Wildman–Crippen MR) is 87.1 cm³/mol. The summed E-state index contributed by atoms with van der Waals surface area (Å²) in [6, 6.07) is 15.4. The lowest BCUT2D eigenvalue weighted by Crippen LogP contribution is -2.29. The third kappa shape index (κ3) is 4.40. The van der Waals surface area contributed by atoms with E-state index in [2.05, 4.69) is 6.07 Å². The fraction of sp³-hybridized carbons (Fsp3) is 0.263. The van der Waals surface area contributed by atoms with Crippen molar-refractivity contribution in [3.8, 4) is 6.07 Å². The molecule has 0 saturated heterocycles. The first-order valence-electron chi connectivity index (χ1n) is 7.51. The minimum atomic E-state index is -0.282. The van der Waals surface area contributed by atoms with Crippen LogP contribution in [0.1, 0.15) is 36.1 Å². The highest BCUT2D eigenvalue weighted by Crippen LogP contribution is 2.20. The molecule has 0 fully saturated rings.